The van der Waals surface area contributed by atoms with Crippen LogP contribution in [0.5, 0.6) is 0 Å². The highest BCUT2D eigenvalue weighted by atomic mass is 32.1. The van der Waals surface area contributed by atoms with E-state index in [9.17, 15) is 0 Å². The van der Waals surface area contributed by atoms with E-state index in [2.05, 4.69) is 205 Å². The van der Waals surface area contributed by atoms with E-state index < -0.39 is 0 Å². The lowest BCUT2D eigenvalue weighted by atomic mass is 9.96. The predicted octanol–water partition coefficient (Wildman–Crippen LogP) is 16.0. The third kappa shape index (κ3) is 5.51. The Kier molecular flexibility index (Phi) is 7.61. The maximum absolute atomic E-state index is 2.48. The minimum Gasteiger partial charge on any atom is -0.309 e. The van der Waals surface area contributed by atoms with Crippen LogP contribution >= 0.6 is 22.7 Å². The topological polar surface area (TPSA) is 3.24 Å². The number of rotatable bonds is 6. The van der Waals surface area contributed by atoms with Gasteiger partial charge >= 0.3 is 0 Å². The molecular weight excluding hydrogens is 703 g/mol. The highest BCUT2D eigenvalue weighted by Crippen LogP contribution is 2.48. The summed E-state index contributed by atoms with van der Waals surface area (Å²) in [5.41, 5.74) is 10.7. The molecule has 3 heteroatoms. The summed E-state index contributed by atoms with van der Waals surface area (Å²) in [6.07, 6.45) is 0. The van der Waals surface area contributed by atoms with E-state index in [1.807, 2.05) is 22.7 Å². The number of hydrogen-bond donors (Lipinski definition) is 0. The predicted molar refractivity (Wildman–Crippen MR) is 241 cm³/mol. The Morgan fingerprint density at radius 2 is 0.891 bits per heavy atom. The molecular formula is C52H33NS2. The maximum atomic E-state index is 2.48. The van der Waals surface area contributed by atoms with Crippen molar-refractivity contribution in [1.29, 1.82) is 0 Å². The van der Waals surface area contributed by atoms with Crippen molar-refractivity contribution in [3.63, 3.8) is 0 Å². The minimum absolute atomic E-state index is 1.12. The van der Waals surface area contributed by atoms with Gasteiger partial charge in [0.2, 0.25) is 0 Å². The van der Waals surface area contributed by atoms with Crippen LogP contribution in [0.1, 0.15) is 0 Å². The largest absolute Gasteiger partial charge is 0.309 e. The van der Waals surface area contributed by atoms with Gasteiger partial charge in [-0.05, 0) is 98.8 Å². The molecule has 0 saturated heterocycles. The zero-order valence-electron chi connectivity index (χ0n) is 29.8. The van der Waals surface area contributed by atoms with Crippen LogP contribution in [0.4, 0.5) is 17.1 Å². The third-order valence-corrected chi connectivity index (χ3v) is 13.3. The lowest BCUT2D eigenvalue weighted by molar-refractivity contribution is 1.30. The Bertz CT molecular complexity index is 3210. The van der Waals surface area contributed by atoms with E-state index >= 15 is 0 Å². The molecule has 2 aromatic heterocycles. The molecule has 0 unspecified atom stereocenters. The van der Waals surface area contributed by atoms with E-state index in [4.69, 9.17) is 0 Å². The first kappa shape index (κ1) is 32.0. The normalized spacial score (nSPS) is 11.6. The minimum atomic E-state index is 1.12. The maximum Gasteiger partial charge on any atom is 0.0640 e. The first-order valence-corrected chi connectivity index (χ1v) is 20.3. The molecule has 9 aromatic carbocycles. The van der Waals surface area contributed by atoms with Gasteiger partial charge < -0.3 is 4.90 Å². The standard InChI is InChI=1S/C52H33NS2/c1-2-12-34(13-3-1)39-31-40(43-18-10-19-46-44-16-6-8-22-49(44)54-51(43)46)33-42(32-39)53(48-21-11-20-47-45-17-7-9-23-50(45)55-52(47)48)41-28-26-36(27-29-41)38-25-24-35-14-4-5-15-37(35)30-38/h1-33H. The number of anilines is 3. The van der Waals surface area contributed by atoms with Crippen molar-refractivity contribution in [2.45, 2.75) is 0 Å². The number of benzene rings is 9. The van der Waals surface area contributed by atoms with E-state index in [1.54, 1.807) is 0 Å². The second-order valence-corrected chi connectivity index (χ2v) is 16.2. The summed E-state index contributed by atoms with van der Waals surface area (Å²) in [5.74, 6) is 0. The van der Waals surface area contributed by atoms with Gasteiger partial charge in [0.1, 0.15) is 0 Å². The third-order valence-electron chi connectivity index (χ3n) is 10.8. The van der Waals surface area contributed by atoms with E-state index in [0.717, 1.165) is 11.4 Å². The first-order chi connectivity index (χ1) is 27.2. The molecule has 2 heterocycles. The van der Waals surface area contributed by atoms with Gasteiger partial charge in [-0.2, -0.15) is 0 Å². The molecule has 0 amide bonds. The van der Waals surface area contributed by atoms with Gasteiger partial charge in [-0.25, -0.2) is 0 Å². The zero-order chi connectivity index (χ0) is 36.3. The smallest absolute Gasteiger partial charge is 0.0640 e. The summed E-state index contributed by atoms with van der Waals surface area (Å²) in [6.45, 7) is 0. The van der Waals surface area contributed by atoms with E-state index in [-0.39, 0.29) is 0 Å². The van der Waals surface area contributed by atoms with Crippen LogP contribution in [0, 0.1) is 0 Å². The molecule has 11 rings (SSSR count). The number of fused-ring (bicyclic) bond motifs is 7. The van der Waals surface area contributed by atoms with Crippen LogP contribution in [-0.4, -0.2) is 0 Å². The highest BCUT2D eigenvalue weighted by Gasteiger charge is 2.21. The average Bonchev–Trinajstić information content (AvgIpc) is 3.83. The fourth-order valence-electron chi connectivity index (χ4n) is 8.18. The zero-order valence-corrected chi connectivity index (χ0v) is 31.4. The van der Waals surface area contributed by atoms with Crippen molar-refractivity contribution < 1.29 is 0 Å². The summed E-state index contributed by atoms with van der Waals surface area (Å²) in [4.78, 5) is 2.48. The summed E-state index contributed by atoms with van der Waals surface area (Å²) >= 11 is 3.76. The van der Waals surface area contributed by atoms with Crippen molar-refractivity contribution in [2.75, 3.05) is 4.90 Å². The molecule has 0 fully saturated rings. The van der Waals surface area contributed by atoms with Crippen LogP contribution in [0.2, 0.25) is 0 Å². The molecule has 0 saturated carbocycles. The lowest BCUT2D eigenvalue weighted by Gasteiger charge is -2.27. The Labute approximate surface area is 327 Å². The molecule has 0 aliphatic heterocycles. The molecule has 0 aliphatic carbocycles. The van der Waals surface area contributed by atoms with E-state index in [0.29, 0.717) is 0 Å². The van der Waals surface area contributed by atoms with Crippen molar-refractivity contribution >= 4 is 90.9 Å². The van der Waals surface area contributed by atoms with Crippen LogP contribution in [-0.2, 0) is 0 Å². The molecule has 1 nitrogen and oxygen atoms in total. The quantitative estimate of drug-likeness (QED) is 0.164. The van der Waals surface area contributed by atoms with Gasteiger partial charge in [0, 0.05) is 47.0 Å². The molecule has 55 heavy (non-hydrogen) atoms. The number of nitrogens with zero attached hydrogens (tertiary/aromatic N) is 1. The Balaban J connectivity index is 1.15. The van der Waals surface area contributed by atoms with Crippen molar-refractivity contribution in [3.8, 4) is 33.4 Å². The highest BCUT2D eigenvalue weighted by molar-refractivity contribution is 7.26. The Morgan fingerprint density at radius 3 is 1.67 bits per heavy atom. The summed E-state index contributed by atoms with van der Waals surface area (Å²) in [5, 5.41) is 7.71. The van der Waals surface area contributed by atoms with Gasteiger partial charge in [-0.15, -0.1) is 22.7 Å². The molecule has 0 radical (unpaired) electrons. The summed E-state index contributed by atoms with van der Waals surface area (Å²) < 4.78 is 5.21. The molecule has 0 aliphatic rings. The molecule has 0 atom stereocenters. The second-order valence-electron chi connectivity index (χ2n) is 14.1. The Hall–Kier alpha value is -6.52. The monoisotopic (exact) mass is 735 g/mol. The molecule has 0 bridgehead atoms. The Morgan fingerprint density at radius 1 is 0.309 bits per heavy atom. The van der Waals surface area contributed by atoms with Gasteiger partial charge in [0.25, 0.3) is 0 Å². The van der Waals surface area contributed by atoms with Gasteiger partial charge in [-0.1, -0.05) is 146 Å². The number of thiophene rings is 2. The number of hydrogen-bond acceptors (Lipinski definition) is 3. The van der Waals surface area contributed by atoms with Crippen molar-refractivity contribution in [1.82, 2.24) is 0 Å². The fraction of sp³-hybridized carbons (Fsp3) is 0. The van der Waals surface area contributed by atoms with Crippen LogP contribution < -0.4 is 4.90 Å². The summed E-state index contributed by atoms with van der Waals surface area (Å²) in [6, 6.07) is 73.5. The molecule has 11 aromatic rings. The van der Waals surface area contributed by atoms with Gasteiger partial charge in [-0.3, -0.25) is 0 Å². The van der Waals surface area contributed by atoms with Crippen LogP contribution in [0.15, 0.2) is 200 Å². The molecule has 0 spiro atoms. The van der Waals surface area contributed by atoms with Crippen LogP contribution in [0.3, 0.4) is 0 Å². The second kappa shape index (κ2) is 13.1. The van der Waals surface area contributed by atoms with Crippen LogP contribution in [0.25, 0.3) is 84.5 Å². The van der Waals surface area contributed by atoms with Gasteiger partial charge in [0.05, 0.1) is 10.4 Å². The average molecular weight is 736 g/mol. The van der Waals surface area contributed by atoms with Crippen molar-refractivity contribution in [2.24, 2.45) is 0 Å². The SMILES string of the molecule is c1ccc(-c2cc(-c3cccc4c3sc3ccccc34)cc(N(c3ccc(-c4ccc5ccccc5c4)cc3)c3cccc4c3sc3ccccc34)c2)cc1. The first-order valence-electron chi connectivity index (χ1n) is 18.7. The molecule has 258 valence electrons. The summed E-state index contributed by atoms with van der Waals surface area (Å²) in [7, 11) is 0. The molecule has 0 N–H and O–H groups in total. The van der Waals surface area contributed by atoms with Crippen molar-refractivity contribution in [3.05, 3.63) is 200 Å². The fourth-order valence-corrected chi connectivity index (χ4v) is 10.6. The van der Waals surface area contributed by atoms with Gasteiger partial charge in [0.15, 0.2) is 0 Å². The lowest BCUT2D eigenvalue weighted by Crippen LogP contribution is -2.10. The van der Waals surface area contributed by atoms with E-state index in [1.165, 1.54) is 90.2 Å².